The standard InChI is InChI=1S/C8H16NO6P/c1-3(11)9-4-5(12)6(13)8(16,2-10)15-7(4)14/h4-7,10,12-14H,2,16H2,1H3,(H,9,11)/t4-,5-,6+,7-,8-/m1/s1. The molecule has 0 aromatic carbocycles. The SMILES string of the molecule is CC(=O)N[C@@H]1[C@@H](O)[C@H](O)[C@](P)(CO)O[C@H]1O. The van der Waals surface area contributed by atoms with Gasteiger partial charge in [0.25, 0.3) is 0 Å². The van der Waals surface area contributed by atoms with Gasteiger partial charge >= 0.3 is 0 Å². The van der Waals surface area contributed by atoms with Crippen LogP contribution < -0.4 is 5.32 Å². The number of amides is 1. The number of aliphatic hydroxyl groups is 4. The van der Waals surface area contributed by atoms with Gasteiger partial charge in [-0.15, -0.1) is 0 Å². The van der Waals surface area contributed by atoms with E-state index in [1.165, 1.54) is 6.92 Å². The van der Waals surface area contributed by atoms with Gasteiger partial charge in [0.15, 0.2) is 6.29 Å². The normalized spacial score (nSPS) is 44.1. The smallest absolute Gasteiger partial charge is 0.217 e. The molecule has 1 heterocycles. The number of aliphatic hydroxyl groups excluding tert-OH is 4. The molecule has 1 aliphatic heterocycles. The molecule has 8 heteroatoms. The van der Waals surface area contributed by atoms with Crippen LogP contribution in [0.2, 0.25) is 0 Å². The van der Waals surface area contributed by atoms with Crippen LogP contribution in [0.25, 0.3) is 0 Å². The molecule has 0 saturated carbocycles. The molecule has 5 N–H and O–H groups in total. The molecule has 7 nitrogen and oxygen atoms in total. The van der Waals surface area contributed by atoms with E-state index in [1.807, 2.05) is 9.24 Å². The highest BCUT2D eigenvalue weighted by Crippen LogP contribution is 2.34. The highest BCUT2D eigenvalue weighted by Gasteiger charge is 2.51. The first kappa shape index (κ1) is 13.8. The topological polar surface area (TPSA) is 119 Å². The Morgan fingerprint density at radius 2 is 2.06 bits per heavy atom. The number of rotatable bonds is 2. The summed E-state index contributed by atoms with van der Waals surface area (Å²) in [6.45, 7) is 0.611. The molecule has 0 radical (unpaired) electrons. The fraction of sp³-hybridized carbons (Fsp3) is 0.875. The molecule has 6 atom stereocenters. The molecular weight excluding hydrogens is 237 g/mol. The fourth-order valence-electron chi connectivity index (χ4n) is 1.54. The third-order valence-corrected chi connectivity index (χ3v) is 3.12. The minimum atomic E-state index is -1.53. The van der Waals surface area contributed by atoms with Gasteiger partial charge in [-0.2, -0.15) is 0 Å². The van der Waals surface area contributed by atoms with Crippen molar-refractivity contribution in [2.24, 2.45) is 0 Å². The first-order valence-corrected chi connectivity index (χ1v) is 5.28. The van der Waals surface area contributed by atoms with E-state index in [2.05, 4.69) is 5.32 Å². The Hall–Kier alpha value is -0.300. The van der Waals surface area contributed by atoms with Gasteiger partial charge in [0.05, 0.1) is 6.61 Å². The molecule has 1 unspecified atom stereocenters. The second-order valence-corrected chi connectivity index (χ2v) is 4.76. The summed E-state index contributed by atoms with van der Waals surface area (Å²) in [6, 6.07) is -1.13. The zero-order valence-corrected chi connectivity index (χ0v) is 9.85. The summed E-state index contributed by atoms with van der Waals surface area (Å²) in [5.41, 5.74) is 0. The van der Waals surface area contributed by atoms with E-state index in [1.54, 1.807) is 0 Å². The summed E-state index contributed by atoms with van der Waals surface area (Å²) in [5.74, 6) is -0.473. The lowest BCUT2D eigenvalue weighted by molar-refractivity contribution is -0.268. The van der Waals surface area contributed by atoms with Gasteiger partial charge in [0.2, 0.25) is 5.91 Å². The van der Waals surface area contributed by atoms with Crippen LogP contribution in [0.3, 0.4) is 0 Å². The van der Waals surface area contributed by atoms with E-state index in [0.717, 1.165) is 0 Å². The van der Waals surface area contributed by atoms with Crippen molar-refractivity contribution in [3.05, 3.63) is 0 Å². The summed E-state index contributed by atoms with van der Waals surface area (Å²) in [7, 11) is 2.03. The van der Waals surface area contributed by atoms with E-state index in [9.17, 15) is 20.1 Å². The van der Waals surface area contributed by atoms with Gasteiger partial charge in [-0.1, -0.05) is 9.24 Å². The minimum Gasteiger partial charge on any atom is -0.393 e. The van der Waals surface area contributed by atoms with Crippen molar-refractivity contribution < 1.29 is 30.0 Å². The lowest BCUT2D eigenvalue weighted by atomic mass is 9.96. The Morgan fingerprint density at radius 1 is 1.50 bits per heavy atom. The molecule has 1 aliphatic rings. The number of carbonyl (C=O) groups is 1. The second kappa shape index (κ2) is 4.91. The molecule has 0 aliphatic carbocycles. The van der Waals surface area contributed by atoms with Crippen LogP contribution in [-0.4, -0.2) is 62.8 Å². The van der Waals surface area contributed by atoms with Gasteiger partial charge < -0.3 is 30.5 Å². The fourth-order valence-corrected chi connectivity index (χ4v) is 1.88. The van der Waals surface area contributed by atoms with Crippen LogP contribution in [-0.2, 0) is 9.53 Å². The molecule has 1 rings (SSSR count). The van der Waals surface area contributed by atoms with Crippen LogP contribution in [0.15, 0.2) is 0 Å². The van der Waals surface area contributed by atoms with Crippen molar-refractivity contribution in [2.45, 2.75) is 36.8 Å². The molecular formula is C8H16NO6P. The van der Waals surface area contributed by atoms with Gasteiger partial charge in [0.1, 0.15) is 23.6 Å². The van der Waals surface area contributed by atoms with Gasteiger partial charge in [0, 0.05) is 6.92 Å². The number of hydrogen-bond acceptors (Lipinski definition) is 6. The van der Waals surface area contributed by atoms with Crippen molar-refractivity contribution in [1.82, 2.24) is 5.32 Å². The maximum Gasteiger partial charge on any atom is 0.217 e. The van der Waals surface area contributed by atoms with E-state index in [4.69, 9.17) is 9.84 Å². The Bertz CT molecular complexity index is 277. The Morgan fingerprint density at radius 3 is 2.50 bits per heavy atom. The van der Waals surface area contributed by atoms with Gasteiger partial charge in [-0.3, -0.25) is 4.79 Å². The second-order valence-electron chi connectivity index (χ2n) is 3.78. The molecule has 0 spiro atoms. The first-order chi connectivity index (χ1) is 7.31. The first-order valence-electron chi connectivity index (χ1n) is 4.70. The van der Waals surface area contributed by atoms with E-state index in [0.29, 0.717) is 0 Å². The Balaban J connectivity index is 2.83. The van der Waals surface area contributed by atoms with Gasteiger partial charge in [-0.25, -0.2) is 0 Å². The molecule has 0 aromatic heterocycles. The average Bonchev–Trinajstić information content (AvgIpc) is 2.21. The van der Waals surface area contributed by atoms with Crippen LogP contribution in [0.1, 0.15) is 6.92 Å². The zero-order chi connectivity index (χ0) is 12.5. The van der Waals surface area contributed by atoms with Crippen molar-refractivity contribution in [1.29, 1.82) is 0 Å². The summed E-state index contributed by atoms with van der Waals surface area (Å²) in [6.07, 6.45) is -4.38. The number of carbonyl (C=O) groups excluding carboxylic acids is 1. The Kier molecular flexibility index (Phi) is 4.23. The molecule has 1 saturated heterocycles. The lowest BCUT2D eigenvalue weighted by Crippen LogP contribution is -2.67. The third-order valence-electron chi connectivity index (χ3n) is 2.46. The highest BCUT2D eigenvalue weighted by molar-refractivity contribution is 7.18. The van der Waals surface area contributed by atoms with Crippen molar-refractivity contribution in [2.75, 3.05) is 6.61 Å². The zero-order valence-electron chi connectivity index (χ0n) is 8.70. The third kappa shape index (κ3) is 2.51. The van der Waals surface area contributed by atoms with Crippen LogP contribution in [0.5, 0.6) is 0 Å². The minimum absolute atomic E-state index is 0.473. The van der Waals surface area contributed by atoms with Gasteiger partial charge in [-0.05, 0) is 0 Å². The van der Waals surface area contributed by atoms with Crippen molar-refractivity contribution in [3.63, 3.8) is 0 Å². The number of hydrogen-bond donors (Lipinski definition) is 5. The number of ether oxygens (including phenoxy) is 1. The maximum absolute atomic E-state index is 10.8. The predicted molar refractivity (Wildman–Crippen MR) is 56.2 cm³/mol. The average molecular weight is 253 g/mol. The van der Waals surface area contributed by atoms with E-state index >= 15 is 0 Å². The van der Waals surface area contributed by atoms with Crippen molar-refractivity contribution >= 4 is 15.1 Å². The van der Waals surface area contributed by atoms with Crippen molar-refractivity contribution in [3.8, 4) is 0 Å². The lowest BCUT2D eigenvalue weighted by Gasteiger charge is -2.46. The largest absolute Gasteiger partial charge is 0.393 e. The van der Waals surface area contributed by atoms with E-state index < -0.39 is 42.4 Å². The summed E-state index contributed by atoms with van der Waals surface area (Å²) in [4.78, 5) is 10.8. The van der Waals surface area contributed by atoms with E-state index in [-0.39, 0.29) is 0 Å². The quantitative estimate of drug-likeness (QED) is 0.337. The summed E-state index contributed by atoms with van der Waals surface area (Å²) < 4.78 is 4.96. The van der Waals surface area contributed by atoms with Crippen LogP contribution in [0.4, 0.5) is 0 Å². The molecule has 16 heavy (non-hydrogen) atoms. The maximum atomic E-state index is 10.8. The molecule has 1 fully saturated rings. The molecule has 0 bridgehead atoms. The molecule has 94 valence electrons. The summed E-state index contributed by atoms with van der Waals surface area (Å²) in [5, 5.41) is 38.6. The monoisotopic (exact) mass is 253 g/mol. The molecule has 0 aromatic rings. The number of nitrogens with one attached hydrogen (secondary N) is 1. The highest BCUT2D eigenvalue weighted by atomic mass is 31.0. The predicted octanol–water partition coefficient (Wildman–Crippen LogP) is -2.87. The molecule has 1 amide bonds. The summed E-state index contributed by atoms with van der Waals surface area (Å²) >= 11 is 0. The van der Waals surface area contributed by atoms with Crippen LogP contribution in [0, 0.1) is 0 Å². The Labute approximate surface area is 94.6 Å². The van der Waals surface area contributed by atoms with Crippen LogP contribution >= 0.6 is 9.24 Å².